The third-order valence-electron chi connectivity index (χ3n) is 2.67. The third-order valence-corrected chi connectivity index (χ3v) is 2.67. The number of carboxylic acids is 1. The van der Waals surface area contributed by atoms with Crippen LogP contribution in [-0.2, 0) is 11.0 Å². The molecule has 1 heterocycles. The van der Waals surface area contributed by atoms with Gasteiger partial charge in [0.1, 0.15) is 5.69 Å². The Kier molecular flexibility index (Phi) is 5.06. The monoisotopic (exact) mass is 290 g/mol. The summed E-state index contributed by atoms with van der Waals surface area (Å²) in [5, 5.41) is 11.1. The van der Waals surface area contributed by atoms with E-state index in [1.165, 1.54) is 0 Å². The highest BCUT2D eigenvalue weighted by Gasteiger charge is 2.32. The first kappa shape index (κ1) is 15.9. The average molecular weight is 290 g/mol. The Morgan fingerprint density at radius 1 is 1.40 bits per heavy atom. The maximum absolute atomic E-state index is 12.3. The van der Waals surface area contributed by atoms with Gasteiger partial charge in [-0.15, -0.1) is 0 Å². The van der Waals surface area contributed by atoms with Gasteiger partial charge in [-0.05, 0) is 18.6 Å². The van der Waals surface area contributed by atoms with Crippen LogP contribution in [0.15, 0.2) is 18.3 Å². The van der Waals surface area contributed by atoms with E-state index in [0.717, 1.165) is 12.3 Å². The van der Waals surface area contributed by atoms with E-state index in [2.05, 4.69) is 10.3 Å². The molecule has 1 unspecified atom stereocenters. The van der Waals surface area contributed by atoms with Crippen LogP contribution in [0, 0.1) is 5.92 Å². The van der Waals surface area contributed by atoms with Crippen LogP contribution < -0.4 is 5.32 Å². The number of carboxylic acid groups (broad SMARTS) is 1. The molecule has 1 aromatic rings. The van der Waals surface area contributed by atoms with Crippen molar-refractivity contribution >= 4 is 11.9 Å². The normalized spacial score (nSPS) is 12.8. The topological polar surface area (TPSA) is 79.3 Å². The van der Waals surface area contributed by atoms with Crippen molar-refractivity contribution < 1.29 is 27.9 Å². The molecule has 0 saturated heterocycles. The van der Waals surface area contributed by atoms with Gasteiger partial charge < -0.3 is 10.4 Å². The van der Waals surface area contributed by atoms with E-state index < -0.39 is 29.7 Å². The zero-order valence-electron chi connectivity index (χ0n) is 10.6. The van der Waals surface area contributed by atoms with Crippen molar-refractivity contribution in [1.29, 1.82) is 0 Å². The van der Waals surface area contributed by atoms with Gasteiger partial charge in [-0.25, -0.2) is 0 Å². The highest BCUT2D eigenvalue weighted by Crippen LogP contribution is 2.27. The van der Waals surface area contributed by atoms with Gasteiger partial charge in [0.25, 0.3) is 5.91 Å². The van der Waals surface area contributed by atoms with Gasteiger partial charge in [0, 0.05) is 12.7 Å². The van der Waals surface area contributed by atoms with Gasteiger partial charge >= 0.3 is 12.1 Å². The van der Waals surface area contributed by atoms with E-state index >= 15 is 0 Å². The number of hydrogen-bond acceptors (Lipinski definition) is 3. The summed E-state index contributed by atoms with van der Waals surface area (Å²) in [6.07, 6.45) is -3.42. The summed E-state index contributed by atoms with van der Waals surface area (Å²) in [5.41, 5.74) is -1.15. The molecule has 8 heteroatoms. The first-order chi connectivity index (χ1) is 9.25. The number of pyridine rings is 1. The van der Waals surface area contributed by atoms with Crippen LogP contribution in [0.25, 0.3) is 0 Å². The number of aromatic nitrogens is 1. The number of amides is 1. The quantitative estimate of drug-likeness (QED) is 0.868. The number of halogens is 3. The van der Waals surface area contributed by atoms with Gasteiger partial charge in [-0.2, -0.15) is 13.2 Å². The van der Waals surface area contributed by atoms with Crippen LogP contribution in [0.1, 0.15) is 29.4 Å². The molecule has 0 aromatic carbocycles. The fourth-order valence-electron chi connectivity index (χ4n) is 1.42. The van der Waals surface area contributed by atoms with Crippen LogP contribution in [-0.4, -0.2) is 28.5 Å². The zero-order valence-corrected chi connectivity index (χ0v) is 10.6. The first-order valence-electron chi connectivity index (χ1n) is 5.80. The van der Waals surface area contributed by atoms with Crippen molar-refractivity contribution in [2.75, 3.05) is 6.54 Å². The first-order valence-corrected chi connectivity index (χ1v) is 5.80. The second kappa shape index (κ2) is 6.36. The minimum absolute atomic E-state index is 0.0572. The Bertz CT molecular complexity index is 486. The smallest absolute Gasteiger partial charge is 0.433 e. The van der Waals surface area contributed by atoms with E-state index in [-0.39, 0.29) is 12.1 Å². The molecule has 1 amide bonds. The fourth-order valence-corrected chi connectivity index (χ4v) is 1.42. The van der Waals surface area contributed by atoms with Crippen molar-refractivity contribution in [2.45, 2.75) is 19.5 Å². The van der Waals surface area contributed by atoms with Crippen LogP contribution in [0.5, 0.6) is 0 Å². The molecule has 0 radical (unpaired) electrons. The van der Waals surface area contributed by atoms with Crippen molar-refractivity contribution in [1.82, 2.24) is 10.3 Å². The number of alkyl halides is 3. The molecular formula is C12H13F3N2O3. The summed E-state index contributed by atoms with van der Waals surface area (Å²) in [6.45, 7) is 1.57. The summed E-state index contributed by atoms with van der Waals surface area (Å²) >= 11 is 0. The molecule has 0 saturated carbocycles. The Labute approximate surface area is 112 Å². The van der Waals surface area contributed by atoms with E-state index in [9.17, 15) is 22.8 Å². The van der Waals surface area contributed by atoms with Crippen LogP contribution in [0.2, 0.25) is 0 Å². The molecule has 0 fully saturated rings. The maximum Gasteiger partial charge on any atom is 0.433 e. The van der Waals surface area contributed by atoms with Crippen LogP contribution in [0.4, 0.5) is 13.2 Å². The SMILES string of the molecule is CCC(CNC(=O)c1ccc(C(F)(F)F)nc1)C(=O)O. The average Bonchev–Trinajstić information content (AvgIpc) is 2.38. The summed E-state index contributed by atoms with van der Waals surface area (Å²) in [6, 6.07) is 1.69. The molecule has 2 N–H and O–H groups in total. The zero-order chi connectivity index (χ0) is 15.3. The molecule has 1 aromatic heterocycles. The molecular weight excluding hydrogens is 277 g/mol. The number of carbonyl (C=O) groups excluding carboxylic acids is 1. The van der Waals surface area contributed by atoms with Gasteiger partial charge in [-0.3, -0.25) is 14.6 Å². The van der Waals surface area contributed by atoms with Gasteiger partial charge in [0.15, 0.2) is 0 Å². The lowest BCUT2D eigenvalue weighted by atomic mass is 10.1. The lowest BCUT2D eigenvalue weighted by Crippen LogP contribution is -2.32. The lowest BCUT2D eigenvalue weighted by Gasteiger charge is -2.11. The molecule has 1 rings (SSSR count). The number of nitrogens with one attached hydrogen (secondary N) is 1. The molecule has 20 heavy (non-hydrogen) atoms. The number of rotatable bonds is 5. The predicted octanol–water partition coefficient (Wildman–Crippen LogP) is 1.94. The lowest BCUT2D eigenvalue weighted by molar-refractivity contribution is -0.142. The minimum Gasteiger partial charge on any atom is -0.481 e. The number of aliphatic carboxylic acids is 1. The number of carbonyl (C=O) groups is 2. The largest absolute Gasteiger partial charge is 0.481 e. The van der Waals surface area contributed by atoms with Crippen LogP contribution in [0.3, 0.4) is 0 Å². The van der Waals surface area contributed by atoms with Crippen molar-refractivity contribution in [3.8, 4) is 0 Å². The minimum atomic E-state index is -4.56. The highest BCUT2D eigenvalue weighted by atomic mass is 19.4. The molecule has 110 valence electrons. The Morgan fingerprint density at radius 3 is 2.45 bits per heavy atom. The predicted molar refractivity (Wildman–Crippen MR) is 63.0 cm³/mol. The van der Waals surface area contributed by atoms with Gasteiger partial charge in [-0.1, -0.05) is 6.92 Å². The molecule has 0 spiro atoms. The second-order valence-electron chi connectivity index (χ2n) is 4.08. The van der Waals surface area contributed by atoms with Crippen LogP contribution >= 0.6 is 0 Å². The third kappa shape index (κ3) is 4.22. The Morgan fingerprint density at radius 2 is 2.05 bits per heavy atom. The fraction of sp³-hybridized carbons (Fsp3) is 0.417. The molecule has 0 bridgehead atoms. The Hall–Kier alpha value is -2.12. The van der Waals surface area contributed by atoms with E-state index in [4.69, 9.17) is 5.11 Å². The molecule has 0 aliphatic carbocycles. The summed E-state index contributed by atoms with van der Waals surface area (Å²) in [7, 11) is 0. The molecule has 1 atom stereocenters. The van der Waals surface area contributed by atoms with Crippen molar-refractivity contribution in [2.24, 2.45) is 5.92 Å². The molecule has 0 aliphatic rings. The summed E-state index contributed by atoms with van der Waals surface area (Å²) in [4.78, 5) is 25.5. The standard InChI is InChI=1S/C12H13F3N2O3/c1-2-7(11(19)20)5-17-10(18)8-3-4-9(16-6-8)12(13,14)15/h3-4,6-7H,2,5H2,1H3,(H,17,18)(H,19,20). The van der Waals surface area contributed by atoms with E-state index in [1.807, 2.05) is 0 Å². The van der Waals surface area contributed by atoms with Crippen molar-refractivity contribution in [3.05, 3.63) is 29.6 Å². The van der Waals surface area contributed by atoms with E-state index in [1.54, 1.807) is 6.92 Å². The summed E-state index contributed by atoms with van der Waals surface area (Å²) in [5.74, 6) is -2.44. The number of hydrogen-bond donors (Lipinski definition) is 2. The molecule has 5 nitrogen and oxygen atoms in total. The van der Waals surface area contributed by atoms with Gasteiger partial charge in [0.2, 0.25) is 0 Å². The summed E-state index contributed by atoms with van der Waals surface area (Å²) < 4.78 is 36.8. The highest BCUT2D eigenvalue weighted by molar-refractivity contribution is 5.94. The Balaban J connectivity index is 2.67. The van der Waals surface area contributed by atoms with E-state index in [0.29, 0.717) is 12.5 Å². The number of nitrogens with zero attached hydrogens (tertiary/aromatic N) is 1. The second-order valence-corrected chi connectivity index (χ2v) is 4.08. The van der Waals surface area contributed by atoms with Crippen molar-refractivity contribution in [3.63, 3.8) is 0 Å². The molecule has 0 aliphatic heterocycles. The van der Waals surface area contributed by atoms with Gasteiger partial charge in [0.05, 0.1) is 11.5 Å². The maximum atomic E-state index is 12.3.